The summed E-state index contributed by atoms with van der Waals surface area (Å²) in [5.41, 5.74) is 1.30. The molecule has 0 spiro atoms. The van der Waals surface area contributed by atoms with E-state index in [1.54, 1.807) is 13.2 Å². The number of hydrogen-bond acceptors (Lipinski definition) is 8. The molecule has 158 valence electrons. The first-order chi connectivity index (χ1) is 14.7. The van der Waals surface area contributed by atoms with Gasteiger partial charge in [0, 0.05) is 13.1 Å². The lowest BCUT2D eigenvalue weighted by Gasteiger charge is -2.28. The molecule has 0 aliphatic carbocycles. The molecule has 8 nitrogen and oxygen atoms in total. The number of para-hydroxylation sites is 2. The number of carbonyl (C=O) groups excluding carboxylic acids is 1. The standard InChI is InChI=1S/C21H24N4O4S/c1-27-17-9-5-4-8-16(17)25-20(24-11-6-3-7-12-24)22-23-21(25)30-14-18-15(10-13-29-18)19(26)28-2/h4-5,8-10,13H,3,6-7,11-12,14H2,1-2H3. The number of esters is 1. The highest BCUT2D eigenvalue weighted by atomic mass is 32.2. The molecular formula is C21H24N4O4S. The SMILES string of the molecule is COC(=O)c1ccoc1CSc1nnc(N2CCCCC2)n1-c1ccccc1OC. The van der Waals surface area contributed by atoms with Crippen LogP contribution in [0.1, 0.15) is 35.4 Å². The van der Waals surface area contributed by atoms with Gasteiger partial charge in [0.05, 0.1) is 31.9 Å². The van der Waals surface area contributed by atoms with Crippen molar-refractivity contribution in [3.63, 3.8) is 0 Å². The molecule has 1 saturated heterocycles. The summed E-state index contributed by atoms with van der Waals surface area (Å²) in [7, 11) is 3.01. The molecular weight excluding hydrogens is 404 g/mol. The van der Waals surface area contributed by atoms with Crippen molar-refractivity contribution in [2.75, 3.05) is 32.2 Å². The van der Waals surface area contributed by atoms with Crippen molar-refractivity contribution >= 4 is 23.7 Å². The number of ether oxygens (including phenoxy) is 2. The van der Waals surface area contributed by atoms with Crippen LogP contribution in [0, 0.1) is 0 Å². The molecule has 0 N–H and O–H groups in total. The predicted molar refractivity (Wildman–Crippen MR) is 114 cm³/mol. The van der Waals surface area contributed by atoms with Gasteiger partial charge in [-0.05, 0) is 37.5 Å². The number of rotatable bonds is 7. The van der Waals surface area contributed by atoms with E-state index in [9.17, 15) is 4.79 Å². The van der Waals surface area contributed by atoms with Gasteiger partial charge in [-0.1, -0.05) is 23.9 Å². The normalized spacial score (nSPS) is 14.0. The second kappa shape index (κ2) is 9.25. The van der Waals surface area contributed by atoms with Crippen molar-refractivity contribution in [1.29, 1.82) is 0 Å². The number of furan rings is 1. The Morgan fingerprint density at radius 2 is 1.93 bits per heavy atom. The fraction of sp³-hybridized carbons (Fsp3) is 0.381. The Balaban J connectivity index is 1.69. The van der Waals surface area contributed by atoms with Crippen LogP contribution in [0.25, 0.3) is 5.69 Å². The molecule has 0 bridgehead atoms. The number of carbonyl (C=O) groups is 1. The van der Waals surface area contributed by atoms with Crippen LogP contribution < -0.4 is 9.64 Å². The Kier molecular flexibility index (Phi) is 6.27. The van der Waals surface area contributed by atoms with Crippen LogP contribution in [0.15, 0.2) is 46.2 Å². The van der Waals surface area contributed by atoms with Crippen LogP contribution in [0.4, 0.5) is 5.95 Å². The highest BCUT2D eigenvalue weighted by molar-refractivity contribution is 7.98. The van der Waals surface area contributed by atoms with E-state index in [-0.39, 0.29) is 0 Å². The van der Waals surface area contributed by atoms with Crippen LogP contribution in [0.3, 0.4) is 0 Å². The van der Waals surface area contributed by atoms with E-state index in [4.69, 9.17) is 13.9 Å². The summed E-state index contributed by atoms with van der Waals surface area (Å²) in [5.74, 6) is 2.09. The van der Waals surface area contributed by atoms with E-state index in [0.29, 0.717) is 22.2 Å². The second-order valence-electron chi connectivity index (χ2n) is 6.88. The molecule has 3 heterocycles. The minimum absolute atomic E-state index is 0.417. The molecule has 1 aliphatic heterocycles. The van der Waals surface area contributed by atoms with E-state index in [2.05, 4.69) is 15.1 Å². The lowest BCUT2D eigenvalue weighted by Crippen LogP contribution is -2.31. The first-order valence-electron chi connectivity index (χ1n) is 9.84. The van der Waals surface area contributed by atoms with Crippen molar-refractivity contribution in [2.45, 2.75) is 30.2 Å². The summed E-state index contributed by atoms with van der Waals surface area (Å²) >= 11 is 1.45. The van der Waals surface area contributed by atoms with Gasteiger partial charge in [0.2, 0.25) is 5.95 Å². The zero-order chi connectivity index (χ0) is 20.9. The number of nitrogens with zero attached hydrogens (tertiary/aromatic N) is 4. The quantitative estimate of drug-likeness (QED) is 0.413. The average molecular weight is 429 g/mol. The predicted octanol–water partition coefficient (Wildman–Crippen LogP) is 3.94. The number of thioether (sulfide) groups is 1. The van der Waals surface area contributed by atoms with Gasteiger partial charge in [-0.15, -0.1) is 10.2 Å². The summed E-state index contributed by atoms with van der Waals surface area (Å²) in [6.07, 6.45) is 4.99. The monoisotopic (exact) mass is 428 g/mol. The Hall–Kier alpha value is -2.94. The van der Waals surface area contributed by atoms with Gasteiger partial charge in [0.25, 0.3) is 0 Å². The number of methoxy groups -OCH3 is 2. The van der Waals surface area contributed by atoms with Gasteiger partial charge in [0.1, 0.15) is 17.1 Å². The Bertz CT molecular complexity index is 1010. The Morgan fingerprint density at radius 1 is 1.13 bits per heavy atom. The summed E-state index contributed by atoms with van der Waals surface area (Å²) in [6.45, 7) is 1.89. The zero-order valence-electron chi connectivity index (χ0n) is 17.0. The smallest absolute Gasteiger partial charge is 0.341 e. The third kappa shape index (κ3) is 4.02. The Morgan fingerprint density at radius 3 is 2.70 bits per heavy atom. The maximum absolute atomic E-state index is 11.9. The number of benzene rings is 1. The summed E-state index contributed by atoms with van der Waals surface area (Å²) < 4.78 is 18.0. The highest BCUT2D eigenvalue weighted by Gasteiger charge is 2.24. The van der Waals surface area contributed by atoms with Gasteiger partial charge in [-0.2, -0.15) is 0 Å². The van der Waals surface area contributed by atoms with Crippen molar-refractivity contribution < 1.29 is 18.7 Å². The lowest BCUT2D eigenvalue weighted by molar-refractivity contribution is 0.0598. The lowest BCUT2D eigenvalue weighted by atomic mass is 10.1. The van der Waals surface area contributed by atoms with Crippen molar-refractivity contribution in [1.82, 2.24) is 14.8 Å². The number of anilines is 1. The number of hydrogen-bond donors (Lipinski definition) is 0. The van der Waals surface area contributed by atoms with E-state index in [1.807, 2.05) is 28.8 Å². The van der Waals surface area contributed by atoms with Crippen LogP contribution >= 0.6 is 11.8 Å². The largest absolute Gasteiger partial charge is 0.495 e. The molecule has 30 heavy (non-hydrogen) atoms. The highest BCUT2D eigenvalue weighted by Crippen LogP contribution is 2.34. The van der Waals surface area contributed by atoms with E-state index >= 15 is 0 Å². The van der Waals surface area contributed by atoms with Crippen LogP contribution in [-0.2, 0) is 10.5 Å². The maximum atomic E-state index is 11.9. The van der Waals surface area contributed by atoms with E-state index in [0.717, 1.165) is 43.3 Å². The molecule has 1 aliphatic rings. The van der Waals surface area contributed by atoms with E-state index in [1.165, 1.54) is 31.6 Å². The molecule has 1 aromatic carbocycles. The second-order valence-corrected chi connectivity index (χ2v) is 7.82. The van der Waals surface area contributed by atoms with Gasteiger partial charge >= 0.3 is 5.97 Å². The third-order valence-electron chi connectivity index (χ3n) is 5.06. The van der Waals surface area contributed by atoms with Crippen LogP contribution in [0.5, 0.6) is 5.75 Å². The fourth-order valence-electron chi connectivity index (χ4n) is 3.55. The minimum atomic E-state index is -0.417. The Labute approximate surface area is 179 Å². The first-order valence-corrected chi connectivity index (χ1v) is 10.8. The molecule has 4 rings (SSSR count). The average Bonchev–Trinajstić information content (AvgIpc) is 3.44. The molecule has 0 atom stereocenters. The number of aromatic nitrogens is 3. The fourth-order valence-corrected chi connectivity index (χ4v) is 4.45. The molecule has 3 aromatic rings. The first kappa shape index (κ1) is 20.3. The van der Waals surface area contributed by atoms with Crippen molar-refractivity contribution in [2.24, 2.45) is 0 Å². The topological polar surface area (TPSA) is 82.6 Å². The molecule has 1 fully saturated rings. The minimum Gasteiger partial charge on any atom is -0.495 e. The summed E-state index contributed by atoms with van der Waals surface area (Å²) in [6, 6.07) is 9.43. The molecule has 0 saturated carbocycles. The molecule has 0 radical (unpaired) electrons. The zero-order valence-corrected chi connectivity index (χ0v) is 17.9. The maximum Gasteiger partial charge on any atom is 0.341 e. The molecule has 2 aromatic heterocycles. The molecule has 9 heteroatoms. The van der Waals surface area contributed by atoms with Gasteiger partial charge < -0.3 is 18.8 Å². The van der Waals surface area contributed by atoms with Gasteiger partial charge in [-0.25, -0.2) is 4.79 Å². The third-order valence-corrected chi connectivity index (χ3v) is 5.99. The van der Waals surface area contributed by atoms with E-state index < -0.39 is 5.97 Å². The molecule has 0 unspecified atom stereocenters. The van der Waals surface area contributed by atoms with Crippen LogP contribution in [0.2, 0.25) is 0 Å². The summed E-state index contributed by atoms with van der Waals surface area (Å²) in [4.78, 5) is 14.2. The van der Waals surface area contributed by atoms with Crippen molar-refractivity contribution in [3.05, 3.63) is 47.9 Å². The van der Waals surface area contributed by atoms with Gasteiger partial charge in [0.15, 0.2) is 5.16 Å². The van der Waals surface area contributed by atoms with Crippen LogP contribution in [-0.4, -0.2) is 48.0 Å². The van der Waals surface area contributed by atoms with Gasteiger partial charge in [-0.3, -0.25) is 4.57 Å². The summed E-state index contributed by atoms with van der Waals surface area (Å²) in [5, 5.41) is 9.66. The molecule has 0 amide bonds. The van der Waals surface area contributed by atoms with Crippen molar-refractivity contribution in [3.8, 4) is 11.4 Å². The number of piperidine rings is 1.